The van der Waals surface area contributed by atoms with Crippen molar-refractivity contribution >= 4 is 11.8 Å². The molecule has 0 saturated carbocycles. The first kappa shape index (κ1) is 17.5. The van der Waals surface area contributed by atoms with Crippen LogP contribution in [0.1, 0.15) is 5.69 Å². The van der Waals surface area contributed by atoms with Gasteiger partial charge in [-0.3, -0.25) is 0 Å². The molecule has 128 valence electrons. The minimum atomic E-state index is -0.588. The standard InChI is InChI=1S/C20H20N2O2S/c1-15-12-19(16-8-4-2-5-9-16)22-20(21-15)25-14-17(23)13-24-18-10-6-3-7-11-18/h2-12,17,23H,13-14H2,1H3. The van der Waals surface area contributed by atoms with E-state index in [0.29, 0.717) is 10.9 Å². The number of aromatic nitrogens is 2. The smallest absolute Gasteiger partial charge is 0.188 e. The molecule has 25 heavy (non-hydrogen) atoms. The van der Waals surface area contributed by atoms with Gasteiger partial charge in [-0.1, -0.05) is 60.3 Å². The van der Waals surface area contributed by atoms with Crippen molar-refractivity contribution < 1.29 is 9.84 Å². The van der Waals surface area contributed by atoms with Crippen molar-refractivity contribution in [1.29, 1.82) is 0 Å². The maximum absolute atomic E-state index is 10.1. The second-order valence-electron chi connectivity index (χ2n) is 5.63. The number of aliphatic hydroxyl groups is 1. The lowest BCUT2D eigenvalue weighted by Crippen LogP contribution is -2.20. The molecule has 0 spiro atoms. The minimum absolute atomic E-state index is 0.244. The second-order valence-corrected chi connectivity index (χ2v) is 6.62. The molecule has 2 aromatic carbocycles. The number of aryl methyl sites for hydroxylation is 1. The van der Waals surface area contributed by atoms with E-state index in [1.54, 1.807) is 0 Å². The highest BCUT2D eigenvalue weighted by molar-refractivity contribution is 7.99. The number of aliphatic hydroxyl groups excluding tert-OH is 1. The van der Waals surface area contributed by atoms with Gasteiger partial charge in [0.05, 0.1) is 11.8 Å². The molecule has 1 aromatic heterocycles. The molecule has 1 heterocycles. The van der Waals surface area contributed by atoms with Crippen LogP contribution in [-0.2, 0) is 0 Å². The maximum Gasteiger partial charge on any atom is 0.188 e. The SMILES string of the molecule is Cc1cc(-c2ccccc2)nc(SCC(O)COc2ccccc2)n1. The number of hydrogen-bond donors (Lipinski definition) is 1. The first-order valence-corrected chi connectivity index (χ1v) is 9.09. The van der Waals surface area contributed by atoms with Crippen LogP contribution in [0.5, 0.6) is 5.75 Å². The summed E-state index contributed by atoms with van der Waals surface area (Å²) in [5, 5.41) is 10.8. The summed E-state index contributed by atoms with van der Waals surface area (Å²) in [6, 6.07) is 21.5. The van der Waals surface area contributed by atoms with Crippen molar-refractivity contribution in [3.05, 3.63) is 72.4 Å². The van der Waals surface area contributed by atoms with Crippen LogP contribution in [0.25, 0.3) is 11.3 Å². The van der Waals surface area contributed by atoms with Gasteiger partial charge in [0, 0.05) is 17.0 Å². The summed E-state index contributed by atoms with van der Waals surface area (Å²) >= 11 is 1.43. The lowest BCUT2D eigenvalue weighted by Gasteiger charge is -2.12. The molecule has 0 aliphatic carbocycles. The number of benzene rings is 2. The Morgan fingerprint density at radius 3 is 2.40 bits per heavy atom. The monoisotopic (exact) mass is 352 g/mol. The number of nitrogens with zero attached hydrogens (tertiary/aromatic N) is 2. The highest BCUT2D eigenvalue weighted by Crippen LogP contribution is 2.22. The third-order valence-electron chi connectivity index (χ3n) is 3.49. The zero-order valence-electron chi connectivity index (χ0n) is 14.0. The van der Waals surface area contributed by atoms with E-state index in [-0.39, 0.29) is 6.61 Å². The lowest BCUT2D eigenvalue weighted by atomic mass is 10.1. The van der Waals surface area contributed by atoms with Crippen LogP contribution < -0.4 is 4.74 Å². The Morgan fingerprint density at radius 2 is 1.68 bits per heavy atom. The number of thioether (sulfide) groups is 1. The molecule has 0 radical (unpaired) electrons. The van der Waals surface area contributed by atoms with Gasteiger partial charge in [0.25, 0.3) is 0 Å². The van der Waals surface area contributed by atoms with Gasteiger partial charge in [-0.15, -0.1) is 0 Å². The van der Waals surface area contributed by atoms with Gasteiger partial charge in [0.15, 0.2) is 5.16 Å². The molecule has 1 atom stereocenters. The Morgan fingerprint density at radius 1 is 1.00 bits per heavy atom. The summed E-state index contributed by atoms with van der Waals surface area (Å²) in [5.74, 6) is 1.23. The van der Waals surface area contributed by atoms with E-state index in [9.17, 15) is 5.11 Å². The highest BCUT2D eigenvalue weighted by atomic mass is 32.2. The average Bonchev–Trinajstić information content (AvgIpc) is 2.66. The third kappa shape index (κ3) is 5.31. The summed E-state index contributed by atoms with van der Waals surface area (Å²) < 4.78 is 5.57. The Hall–Kier alpha value is -2.37. The van der Waals surface area contributed by atoms with Gasteiger partial charge < -0.3 is 9.84 Å². The molecular formula is C20H20N2O2S. The summed E-state index contributed by atoms with van der Waals surface area (Å²) in [6.45, 7) is 2.20. The predicted molar refractivity (Wildman–Crippen MR) is 101 cm³/mol. The molecular weight excluding hydrogens is 332 g/mol. The van der Waals surface area contributed by atoms with E-state index in [4.69, 9.17) is 4.74 Å². The molecule has 5 heteroatoms. The first-order valence-electron chi connectivity index (χ1n) is 8.10. The molecule has 0 fully saturated rings. The van der Waals surface area contributed by atoms with E-state index < -0.39 is 6.10 Å². The van der Waals surface area contributed by atoms with Crippen molar-refractivity contribution in [3.8, 4) is 17.0 Å². The van der Waals surface area contributed by atoms with Crippen molar-refractivity contribution in [1.82, 2.24) is 9.97 Å². The van der Waals surface area contributed by atoms with Crippen molar-refractivity contribution in [2.24, 2.45) is 0 Å². The highest BCUT2D eigenvalue weighted by Gasteiger charge is 2.10. The quantitative estimate of drug-likeness (QED) is 0.515. The molecule has 0 saturated heterocycles. The molecule has 0 aliphatic rings. The average molecular weight is 352 g/mol. The van der Waals surface area contributed by atoms with Crippen molar-refractivity contribution in [3.63, 3.8) is 0 Å². The summed E-state index contributed by atoms with van der Waals surface area (Å²) in [7, 11) is 0. The van der Waals surface area contributed by atoms with Gasteiger partial charge in [0.1, 0.15) is 12.4 Å². The van der Waals surface area contributed by atoms with Crippen LogP contribution in [0.3, 0.4) is 0 Å². The van der Waals surface area contributed by atoms with Crippen molar-refractivity contribution in [2.45, 2.75) is 18.2 Å². The fourth-order valence-corrected chi connectivity index (χ4v) is 3.10. The molecule has 0 amide bonds. The molecule has 1 N–H and O–H groups in total. The van der Waals surface area contributed by atoms with Gasteiger partial charge in [-0.25, -0.2) is 9.97 Å². The van der Waals surface area contributed by atoms with Gasteiger partial charge in [-0.2, -0.15) is 0 Å². The zero-order valence-corrected chi connectivity index (χ0v) is 14.8. The maximum atomic E-state index is 10.1. The number of para-hydroxylation sites is 1. The fraction of sp³-hybridized carbons (Fsp3) is 0.200. The van der Waals surface area contributed by atoms with Crippen LogP contribution in [-0.4, -0.2) is 33.5 Å². The molecule has 3 aromatic rings. The van der Waals surface area contributed by atoms with Crippen LogP contribution in [0, 0.1) is 6.92 Å². The Labute approximate surface area is 151 Å². The Kier molecular flexibility index (Phi) is 6.04. The minimum Gasteiger partial charge on any atom is -0.491 e. The van der Waals surface area contributed by atoms with Crippen LogP contribution in [0.2, 0.25) is 0 Å². The lowest BCUT2D eigenvalue weighted by molar-refractivity contribution is 0.126. The molecule has 0 aliphatic heterocycles. The molecule has 0 bridgehead atoms. The summed E-state index contributed by atoms with van der Waals surface area (Å²) in [4.78, 5) is 9.04. The first-order chi connectivity index (χ1) is 12.2. The third-order valence-corrected chi connectivity index (χ3v) is 4.49. The Bertz CT molecular complexity index is 797. The fourth-order valence-electron chi connectivity index (χ4n) is 2.29. The van der Waals surface area contributed by atoms with E-state index >= 15 is 0 Å². The van der Waals surface area contributed by atoms with Gasteiger partial charge >= 0.3 is 0 Å². The normalized spacial score (nSPS) is 11.9. The predicted octanol–water partition coefficient (Wildman–Crippen LogP) is 3.98. The number of rotatable bonds is 7. The zero-order chi connectivity index (χ0) is 17.5. The largest absolute Gasteiger partial charge is 0.491 e. The van der Waals surface area contributed by atoms with Crippen molar-refractivity contribution in [2.75, 3.05) is 12.4 Å². The molecule has 3 rings (SSSR count). The van der Waals surface area contributed by atoms with E-state index in [2.05, 4.69) is 9.97 Å². The van der Waals surface area contributed by atoms with E-state index in [1.807, 2.05) is 73.7 Å². The summed E-state index contributed by atoms with van der Waals surface area (Å²) in [5.41, 5.74) is 2.86. The van der Waals surface area contributed by atoms with Crippen LogP contribution >= 0.6 is 11.8 Å². The van der Waals surface area contributed by atoms with Crippen LogP contribution in [0.4, 0.5) is 0 Å². The number of hydrogen-bond acceptors (Lipinski definition) is 5. The number of ether oxygens (including phenoxy) is 1. The van der Waals surface area contributed by atoms with Gasteiger partial charge in [-0.05, 0) is 25.1 Å². The van der Waals surface area contributed by atoms with Gasteiger partial charge in [0.2, 0.25) is 0 Å². The Balaban J connectivity index is 1.58. The van der Waals surface area contributed by atoms with E-state index in [1.165, 1.54) is 11.8 Å². The second kappa shape index (κ2) is 8.65. The topological polar surface area (TPSA) is 55.2 Å². The van der Waals surface area contributed by atoms with E-state index in [0.717, 1.165) is 22.7 Å². The molecule has 4 nitrogen and oxygen atoms in total. The molecule has 1 unspecified atom stereocenters. The summed E-state index contributed by atoms with van der Waals surface area (Å²) in [6.07, 6.45) is -0.588. The van der Waals surface area contributed by atoms with Crippen LogP contribution in [0.15, 0.2) is 71.9 Å².